The van der Waals surface area contributed by atoms with Gasteiger partial charge in [-0.1, -0.05) is 13.0 Å². The Kier molecular flexibility index (Phi) is 4.72. The molecule has 138 valence electrons. The summed E-state index contributed by atoms with van der Waals surface area (Å²) in [6.07, 6.45) is 0. The third-order valence-corrected chi connectivity index (χ3v) is 6.15. The van der Waals surface area contributed by atoms with Crippen LogP contribution in [0.3, 0.4) is 0 Å². The van der Waals surface area contributed by atoms with Crippen molar-refractivity contribution in [3.05, 3.63) is 53.8 Å². The van der Waals surface area contributed by atoms with Crippen molar-refractivity contribution >= 4 is 21.4 Å². The lowest BCUT2D eigenvalue weighted by atomic mass is 9.92. The lowest BCUT2D eigenvalue weighted by Gasteiger charge is -2.37. The molecule has 2 aromatic rings. The molecule has 8 heteroatoms. The van der Waals surface area contributed by atoms with Gasteiger partial charge in [0.2, 0.25) is 0 Å². The molecule has 1 heterocycles. The summed E-state index contributed by atoms with van der Waals surface area (Å²) in [7, 11) is -3.57. The Labute approximate surface area is 150 Å². The number of carbonyl (C=O) groups is 1. The van der Waals surface area contributed by atoms with Gasteiger partial charge in [0.15, 0.2) is 21.4 Å². The molecule has 0 radical (unpaired) electrons. The minimum atomic E-state index is -3.57. The van der Waals surface area contributed by atoms with Crippen molar-refractivity contribution in [2.24, 2.45) is 5.41 Å². The summed E-state index contributed by atoms with van der Waals surface area (Å²) in [6, 6.07) is 9.11. The molecule has 6 nitrogen and oxygen atoms in total. The third-order valence-electron chi connectivity index (χ3n) is 4.10. The highest BCUT2D eigenvalue weighted by Gasteiger charge is 2.38. The Hall–Kier alpha value is -2.45. The summed E-state index contributed by atoms with van der Waals surface area (Å²) in [5, 5.41) is 11.9. The number of halogens is 1. The van der Waals surface area contributed by atoms with Gasteiger partial charge in [0.05, 0.1) is 23.9 Å². The Morgan fingerprint density at radius 2 is 2.00 bits per heavy atom. The van der Waals surface area contributed by atoms with E-state index in [1.807, 2.05) is 6.92 Å². The summed E-state index contributed by atoms with van der Waals surface area (Å²) in [5.74, 6) is -2.01. The highest BCUT2D eigenvalue weighted by atomic mass is 32.2. The van der Waals surface area contributed by atoms with Crippen molar-refractivity contribution in [1.82, 2.24) is 0 Å². The van der Waals surface area contributed by atoms with Crippen LogP contribution in [0.15, 0.2) is 47.4 Å². The number of carbonyl (C=O) groups excluding carboxylic acids is 1. The summed E-state index contributed by atoms with van der Waals surface area (Å²) >= 11 is 0. The lowest BCUT2D eigenvalue weighted by molar-refractivity contribution is -0.0870. The number of phenols is 1. The SMILES string of the molecule is CC1(CS(=O)(=O)c2cccc(C(=O)Nc3ccc(F)c(O)c3)c2)COC1. The number of ether oxygens (including phenoxy) is 1. The van der Waals surface area contributed by atoms with Gasteiger partial charge in [-0.3, -0.25) is 4.79 Å². The van der Waals surface area contributed by atoms with Crippen molar-refractivity contribution in [3.8, 4) is 5.75 Å². The molecule has 0 bridgehead atoms. The number of hydrogen-bond acceptors (Lipinski definition) is 5. The van der Waals surface area contributed by atoms with Crippen molar-refractivity contribution in [2.45, 2.75) is 11.8 Å². The maximum Gasteiger partial charge on any atom is 0.255 e. The summed E-state index contributed by atoms with van der Waals surface area (Å²) in [4.78, 5) is 12.4. The summed E-state index contributed by atoms with van der Waals surface area (Å²) in [6.45, 7) is 2.62. The van der Waals surface area contributed by atoms with Crippen LogP contribution in [-0.4, -0.2) is 38.4 Å². The van der Waals surface area contributed by atoms with E-state index >= 15 is 0 Å². The molecule has 3 rings (SSSR count). The topological polar surface area (TPSA) is 92.7 Å². The number of benzene rings is 2. The number of anilines is 1. The number of aromatic hydroxyl groups is 1. The number of amides is 1. The summed E-state index contributed by atoms with van der Waals surface area (Å²) in [5.41, 5.74) is -0.0749. The first-order valence-corrected chi connectivity index (χ1v) is 9.54. The second-order valence-electron chi connectivity index (χ2n) is 6.71. The first-order valence-electron chi connectivity index (χ1n) is 7.89. The van der Waals surface area contributed by atoms with Gasteiger partial charge in [-0.25, -0.2) is 12.8 Å². The predicted octanol–water partition coefficient (Wildman–Crippen LogP) is 2.59. The molecular formula is C18H18FNO5S. The summed E-state index contributed by atoms with van der Waals surface area (Å²) < 4.78 is 43.4. The van der Waals surface area contributed by atoms with Crippen LogP contribution in [0.25, 0.3) is 0 Å². The molecule has 26 heavy (non-hydrogen) atoms. The molecule has 1 aliphatic rings. The van der Waals surface area contributed by atoms with Gasteiger partial charge >= 0.3 is 0 Å². The standard InChI is InChI=1S/C18H18FNO5S/c1-18(9-25-10-18)11-26(23,24)14-4-2-3-12(7-14)17(22)20-13-5-6-15(19)16(21)8-13/h2-8,21H,9-11H2,1H3,(H,20,22). The van der Waals surface area contributed by atoms with Crippen LogP contribution in [0.2, 0.25) is 0 Å². The van der Waals surface area contributed by atoms with E-state index in [1.54, 1.807) is 0 Å². The molecule has 2 N–H and O–H groups in total. The zero-order chi connectivity index (χ0) is 18.9. The molecule has 2 aromatic carbocycles. The van der Waals surface area contributed by atoms with Gasteiger partial charge in [-0.2, -0.15) is 0 Å². The zero-order valence-electron chi connectivity index (χ0n) is 14.0. The fraction of sp³-hybridized carbons (Fsp3) is 0.278. The van der Waals surface area contributed by atoms with Crippen molar-refractivity contribution in [3.63, 3.8) is 0 Å². The minimum absolute atomic E-state index is 0.0558. The maximum absolute atomic E-state index is 13.1. The van der Waals surface area contributed by atoms with E-state index in [0.29, 0.717) is 13.2 Å². The molecule has 1 saturated heterocycles. The van der Waals surface area contributed by atoms with Crippen LogP contribution in [0.5, 0.6) is 5.75 Å². The van der Waals surface area contributed by atoms with Crippen LogP contribution in [0.1, 0.15) is 17.3 Å². The molecule has 0 atom stereocenters. The Bertz CT molecular complexity index is 954. The van der Waals surface area contributed by atoms with E-state index in [4.69, 9.17) is 4.74 Å². The molecule has 0 aliphatic carbocycles. The predicted molar refractivity (Wildman–Crippen MR) is 93.4 cm³/mol. The monoisotopic (exact) mass is 379 g/mol. The molecule has 0 unspecified atom stereocenters. The average molecular weight is 379 g/mol. The van der Waals surface area contributed by atoms with Crippen LogP contribution in [0.4, 0.5) is 10.1 Å². The molecule has 1 aliphatic heterocycles. The Morgan fingerprint density at radius 1 is 1.27 bits per heavy atom. The molecule has 0 saturated carbocycles. The second kappa shape index (κ2) is 6.69. The van der Waals surface area contributed by atoms with E-state index in [-0.39, 0.29) is 21.9 Å². The largest absolute Gasteiger partial charge is 0.505 e. The molecule has 0 aromatic heterocycles. The van der Waals surface area contributed by atoms with Crippen molar-refractivity contribution in [2.75, 3.05) is 24.3 Å². The Morgan fingerprint density at radius 3 is 2.62 bits per heavy atom. The van der Waals surface area contributed by atoms with Crippen molar-refractivity contribution < 1.29 is 27.4 Å². The fourth-order valence-corrected chi connectivity index (χ4v) is 4.54. The normalized spacial score (nSPS) is 15.9. The number of sulfone groups is 1. The molecule has 1 amide bonds. The highest BCUT2D eigenvalue weighted by Crippen LogP contribution is 2.31. The smallest absolute Gasteiger partial charge is 0.255 e. The van der Waals surface area contributed by atoms with E-state index in [1.165, 1.54) is 30.3 Å². The van der Waals surface area contributed by atoms with Crippen molar-refractivity contribution in [1.29, 1.82) is 0 Å². The number of hydrogen-bond donors (Lipinski definition) is 2. The van der Waals surface area contributed by atoms with Gasteiger partial charge in [0.25, 0.3) is 5.91 Å². The number of nitrogens with one attached hydrogen (secondary N) is 1. The van der Waals surface area contributed by atoms with Crippen LogP contribution in [0, 0.1) is 11.2 Å². The lowest BCUT2D eigenvalue weighted by Crippen LogP contribution is -2.45. The average Bonchev–Trinajstić information content (AvgIpc) is 2.56. The molecule has 1 fully saturated rings. The minimum Gasteiger partial charge on any atom is -0.505 e. The van der Waals surface area contributed by atoms with E-state index < -0.39 is 32.7 Å². The van der Waals surface area contributed by atoms with Gasteiger partial charge in [-0.15, -0.1) is 0 Å². The fourth-order valence-electron chi connectivity index (χ4n) is 2.70. The Balaban J connectivity index is 1.79. The second-order valence-corrected chi connectivity index (χ2v) is 8.70. The first kappa shape index (κ1) is 18.3. The molecule has 0 spiro atoms. The molecular weight excluding hydrogens is 361 g/mol. The number of rotatable bonds is 5. The van der Waals surface area contributed by atoms with E-state index in [2.05, 4.69) is 5.32 Å². The number of phenolic OH excluding ortho intramolecular Hbond substituents is 1. The van der Waals surface area contributed by atoms with Gasteiger partial charge < -0.3 is 15.2 Å². The maximum atomic E-state index is 13.1. The van der Waals surface area contributed by atoms with E-state index in [9.17, 15) is 22.7 Å². The zero-order valence-corrected chi connectivity index (χ0v) is 14.8. The van der Waals surface area contributed by atoms with Crippen LogP contribution >= 0.6 is 0 Å². The first-order chi connectivity index (χ1) is 12.2. The van der Waals surface area contributed by atoms with Crippen LogP contribution in [-0.2, 0) is 14.6 Å². The third kappa shape index (κ3) is 3.86. The van der Waals surface area contributed by atoms with Crippen LogP contribution < -0.4 is 5.32 Å². The van der Waals surface area contributed by atoms with E-state index in [0.717, 1.165) is 12.1 Å². The van der Waals surface area contributed by atoms with Gasteiger partial charge in [0, 0.05) is 22.7 Å². The quantitative estimate of drug-likeness (QED) is 0.833. The van der Waals surface area contributed by atoms with Gasteiger partial charge in [0.1, 0.15) is 0 Å². The highest BCUT2D eigenvalue weighted by molar-refractivity contribution is 7.91. The van der Waals surface area contributed by atoms with Gasteiger partial charge in [-0.05, 0) is 30.3 Å².